The molecule has 1 aliphatic heterocycles. The number of aromatic nitrogens is 1. The van der Waals surface area contributed by atoms with Crippen molar-refractivity contribution in [1.29, 1.82) is 0 Å². The molecule has 3 aromatic rings. The van der Waals surface area contributed by atoms with Crippen molar-refractivity contribution in [2.75, 3.05) is 18.5 Å². The Kier molecular flexibility index (Phi) is 7.07. The van der Waals surface area contributed by atoms with Crippen LogP contribution >= 0.6 is 11.3 Å². The Bertz CT molecular complexity index is 1060. The first kappa shape index (κ1) is 22.3. The smallest absolute Gasteiger partial charge is 0.231 e. The number of thiazole rings is 1. The summed E-state index contributed by atoms with van der Waals surface area (Å²) in [4.78, 5) is 17.0. The molecule has 2 N–H and O–H groups in total. The number of anilines is 1. The lowest BCUT2D eigenvalue weighted by Crippen LogP contribution is -2.26. The van der Waals surface area contributed by atoms with Gasteiger partial charge in [-0.2, -0.15) is 0 Å². The van der Waals surface area contributed by atoms with E-state index in [0.29, 0.717) is 25.7 Å². The van der Waals surface area contributed by atoms with Crippen LogP contribution in [0.5, 0.6) is 11.5 Å². The molecule has 2 heterocycles. The van der Waals surface area contributed by atoms with E-state index in [0.717, 1.165) is 39.0 Å². The van der Waals surface area contributed by atoms with Crippen LogP contribution in [0.15, 0.2) is 47.8 Å². The molecule has 7 heteroatoms. The highest BCUT2D eigenvalue weighted by Crippen LogP contribution is 2.34. The van der Waals surface area contributed by atoms with Crippen molar-refractivity contribution in [1.82, 2.24) is 10.3 Å². The number of carbonyl (C=O) groups is 1. The van der Waals surface area contributed by atoms with Gasteiger partial charge in [-0.3, -0.25) is 4.79 Å². The minimum atomic E-state index is -0.0564. The van der Waals surface area contributed by atoms with E-state index < -0.39 is 0 Å². The average Bonchev–Trinajstić information content (AvgIpc) is 3.22. The van der Waals surface area contributed by atoms with Crippen LogP contribution in [-0.4, -0.2) is 24.1 Å². The first-order chi connectivity index (χ1) is 15.5. The normalized spacial score (nSPS) is 13.8. The summed E-state index contributed by atoms with van der Waals surface area (Å²) < 4.78 is 11.4. The lowest BCUT2D eigenvalue weighted by Gasteiger charge is -2.25. The van der Waals surface area contributed by atoms with E-state index in [1.807, 2.05) is 42.6 Å². The van der Waals surface area contributed by atoms with Crippen molar-refractivity contribution < 1.29 is 14.3 Å². The molecule has 1 amide bonds. The zero-order valence-electron chi connectivity index (χ0n) is 18.7. The summed E-state index contributed by atoms with van der Waals surface area (Å²) in [5.74, 6) is 1.93. The van der Waals surface area contributed by atoms with Gasteiger partial charge >= 0.3 is 0 Å². The molecule has 0 radical (unpaired) electrons. The summed E-state index contributed by atoms with van der Waals surface area (Å²) >= 11 is 1.52. The second kappa shape index (κ2) is 10.1. The maximum atomic E-state index is 12.4. The first-order valence-electron chi connectivity index (χ1n) is 10.9. The summed E-state index contributed by atoms with van der Waals surface area (Å²) in [5, 5.41) is 9.37. The number of hydrogen-bond acceptors (Lipinski definition) is 6. The van der Waals surface area contributed by atoms with E-state index in [4.69, 9.17) is 9.47 Å². The molecule has 0 spiro atoms. The summed E-state index contributed by atoms with van der Waals surface area (Å²) in [6, 6.07) is 14.1. The van der Waals surface area contributed by atoms with E-state index >= 15 is 0 Å². The third-order valence-electron chi connectivity index (χ3n) is 5.34. The van der Waals surface area contributed by atoms with Crippen molar-refractivity contribution >= 4 is 22.9 Å². The maximum Gasteiger partial charge on any atom is 0.231 e. The lowest BCUT2D eigenvalue weighted by molar-refractivity contribution is -0.115. The minimum Gasteiger partial charge on any atom is -0.486 e. The fourth-order valence-electron chi connectivity index (χ4n) is 3.70. The molecule has 0 unspecified atom stereocenters. The monoisotopic (exact) mass is 451 g/mol. The van der Waals surface area contributed by atoms with E-state index in [1.165, 1.54) is 11.3 Å². The lowest BCUT2D eigenvalue weighted by atomic mass is 9.95. The van der Waals surface area contributed by atoms with Gasteiger partial charge in [-0.1, -0.05) is 37.6 Å². The van der Waals surface area contributed by atoms with Gasteiger partial charge in [0.05, 0.1) is 12.1 Å². The zero-order chi connectivity index (χ0) is 22.5. The molecule has 1 aromatic heterocycles. The van der Waals surface area contributed by atoms with E-state index in [2.05, 4.69) is 41.6 Å². The average molecular weight is 452 g/mol. The van der Waals surface area contributed by atoms with Gasteiger partial charge in [-0.25, -0.2) is 4.98 Å². The van der Waals surface area contributed by atoms with Crippen LogP contribution in [0.25, 0.3) is 0 Å². The predicted octanol–water partition coefficient (Wildman–Crippen LogP) is 4.89. The van der Waals surface area contributed by atoms with Crippen LogP contribution < -0.4 is 20.1 Å². The molecule has 0 fully saturated rings. The highest BCUT2D eigenvalue weighted by molar-refractivity contribution is 7.09. The molecule has 6 nitrogen and oxygen atoms in total. The Balaban J connectivity index is 1.34. The number of nitrogens with zero attached hydrogens (tertiary/aromatic N) is 1. The zero-order valence-corrected chi connectivity index (χ0v) is 19.5. The number of nitrogens with one attached hydrogen (secondary N) is 2. The number of ether oxygens (including phenoxy) is 2. The van der Waals surface area contributed by atoms with Crippen LogP contribution in [0, 0.1) is 12.8 Å². The molecule has 168 valence electrons. The molecular formula is C25H29N3O3S. The van der Waals surface area contributed by atoms with E-state index in [-0.39, 0.29) is 18.4 Å². The number of benzene rings is 2. The first-order valence-corrected chi connectivity index (χ1v) is 11.8. The molecule has 0 saturated carbocycles. The van der Waals surface area contributed by atoms with Crippen LogP contribution in [0.2, 0.25) is 0 Å². The Hall–Kier alpha value is -2.90. The number of aryl methyl sites for hydroxylation is 1. The van der Waals surface area contributed by atoms with Crippen molar-refractivity contribution in [2.24, 2.45) is 5.92 Å². The summed E-state index contributed by atoms with van der Waals surface area (Å²) in [5.41, 5.74) is 4.07. The van der Waals surface area contributed by atoms with Gasteiger partial charge in [0.2, 0.25) is 5.91 Å². The highest BCUT2D eigenvalue weighted by atomic mass is 32.1. The van der Waals surface area contributed by atoms with Gasteiger partial charge in [0, 0.05) is 23.7 Å². The third-order valence-corrected chi connectivity index (χ3v) is 6.24. The van der Waals surface area contributed by atoms with E-state index in [1.54, 1.807) is 0 Å². The fourth-order valence-corrected chi connectivity index (χ4v) is 4.49. The van der Waals surface area contributed by atoms with Crippen LogP contribution in [0.4, 0.5) is 5.69 Å². The van der Waals surface area contributed by atoms with Gasteiger partial charge in [0.25, 0.3) is 0 Å². The Morgan fingerprint density at radius 1 is 1.09 bits per heavy atom. The number of carbonyl (C=O) groups excluding carboxylic acids is 1. The molecule has 1 atom stereocenters. The van der Waals surface area contributed by atoms with Gasteiger partial charge in [0.1, 0.15) is 18.2 Å². The predicted molar refractivity (Wildman–Crippen MR) is 127 cm³/mol. The standard InChI is InChI=1S/C25H29N3O3S/c1-16(2)25(18-6-9-21-22(12-18)31-11-10-30-21)26-14-20-15-32-24(28-20)13-23(29)27-19-7-4-17(3)5-8-19/h4-9,12,15-16,25-26H,10-11,13-14H2,1-3H3,(H,27,29)/t25-/m0/s1. The van der Waals surface area contributed by atoms with Crippen molar-refractivity contribution in [3.63, 3.8) is 0 Å². The second-order valence-corrected chi connectivity index (χ2v) is 9.27. The quantitative estimate of drug-likeness (QED) is 0.510. The second-order valence-electron chi connectivity index (χ2n) is 8.33. The number of hydrogen-bond donors (Lipinski definition) is 2. The fraction of sp³-hybridized carbons (Fsp3) is 0.360. The van der Waals surface area contributed by atoms with Gasteiger partial charge in [-0.05, 0) is 42.7 Å². The number of rotatable bonds is 8. The van der Waals surface area contributed by atoms with Crippen molar-refractivity contribution in [2.45, 2.75) is 39.8 Å². The SMILES string of the molecule is Cc1ccc(NC(=O)Cc2nc(CN[C@H](c3ccc4c(c3)OCCO4)C(C)C)cs2)cc1. The highest BCUT2D eigenvalue weighted by Gasteiger charge is 2.20. The van der Waals surface area contributed by atoms with Crippen LogP contribution in [0.3, 0.4) is 0 Å². The molecule has 2 aromatic carbocycles. The van der Waals surface area contributed by atoms with Crippen molar-refractivity contribution in [3.8, 4) is 11.5 Å². The molecule has 4 rings (SSSR count). The minimum absolute atomic E-state index is 0.0564. The Labute approximate surface area is 193 Å². The van der Waals surface area contributed by atoms with Gasteiger partial charge in [0.15, 0.2) is 11.5 Å². The van der Waals surface area contributed by atoms with Gasteiger partial charge in [-0.15, -0.1) is 11.3 Å². The Morgan fingerprint density at radius 2 is 1.84 bits per heavy atom. The largest absolute Gasteiger partial charge is 0.486 e. The Morgan fingerprint density at radius 3 is 2.59 bits per heavy atom. The van der Waals surface area contributed by atoms with Crippen LogP contribution in [0.1, 0.15) is 41.7 Å². The topological polar surface area (TPSA) is 72.5 Å². The summed E-state index contributed by atoms with van der Waals surface area (Å²) in [6.45, 7) is 8.21. The third kappa shape index (κ3) is 5.66. The molecule has 32 heavy (non-hydrogen) atoms. The van der Waals surface area contributed by atoms with Crippen LogP contribution in [-0.2, 0) is 17.8 Å². The van der Waals surface area contributed by atoms with E-state index in [9.17, 15) is 4.79 Å². The summed E-state index contributed by atoms with van der Waals surface area (Å²) in [6.07, 6.45) is 0.272. The van der Waals surface area contributed by atoms with Gasteiger partial charge < -0.3 is 20.1 Å². The number of fused-ring (bicyclic) bond motifs is 1. The molecule has 0 saturated heterocycles. The summed E-state index contributed by atoms with van der Waals surface area (Å²) in [7, 11) is 0. The molecule has 0 aliphatic carbocycles. The number of amides is 1. The molecular weight excluding hydrogens is 422 g/mol. The van der Waals surface area contributed by atoms with Crippen molar-refractivity contribution in [3.05, 3.63) is 69.7 Å². The maximum absolute atomic E-state index is 12.4. The molecule has 1 aliphatic rings. The molecule has 0 bridgehead atoms.